The van der Waals surface area contributed by atoms with Crippen LogP contribution in [-0.4, -0.2) is 9.97 Å². The maximum atomic E-state index is 4.45. The molecule has 3 rings (SSSR count). The van der Waals surface area contributed by atoms with Crippen molar-refractivity contribution in [1.82, 2.24) is 9.97 Å². The van der Waals surface area contributed by atoms with Gasteiger partial charge >= 0.3 is 0 Å². The highest BCUT2D eigenvalue weighted by Gasteiger charge is 2.11. The molecule has 98 valence electrons. The summed E-state index contributed by atoms with van der Waals surface area (Å²) >= 11 is 7.13. The van der Waals surface area contributed by atoms with Crippen molar-refractivity contribution < 1.29 is 0 Å². The van der Waals surface area contributed by atoms with Gasteiger partial charge in [0.25, 0.3) is 0 Å². The Hall–Kier alpha value is -1.52. The van der Waals surface area contributed by atoms with Crippen LogP contribution in [0.15, 0.2) is 70.0 Å². The van der Waals surface area contributed by atoms with Gasteiger partial charge in [0.05, 0.1) is 5.69 Å². The molecule has 4 heteroatoms. The van der Waals surface area contributed by atoms with Gasteiger partial charge in [-0.05, 0) is 79.4 Å². The smallest absolute Gasteiger partial charge is 0.0708 e. The van der Waals surface area contributed by atoms with E-state index in [1.807, 2.05) is 36.5 Å². The predicted molar refractivity (Wildman–Crippen MR) is 88.3 cm³/mol. The average Bonchev–Trinajstić information content (AvgIpc) is 2.51. The van der Waals surface area contributed by atoms with Crippen molar-refractivity contribution in [1.29, 1.82) is 0 Å². The minimum absolute atomic E-state index is 0.951. The predicted octanol–water partition coefficient (Wildman–Crippen LogP) is 5.34. The van der Waals surface area contributed by atoms with E-state index in [2.05, 4.69) is 54.0 Å². The van der Waals surface area contributed by atoms with E-state index < -0.39 is 0 Å². The Kier molecular flexibility index (Phi) is 3.94. The van der Waals surface area contributed by atoms with Gasteiger partial charge in [0.1, 0.15) is 0 Å². The number of rotatable bonds is 2. The summed E-state index contributed by atoms with van der Waals surface area (Å²) in [5.41, 5.74) is 4.29. The fourth-order valence-electron chi connectivity index (χ4n) is 2.05. The van der Waals surface area contributed by atoms with E-state index in [1.54, 1.807) is 12.4 Å². The van der Waals surface area contributed by atoms with Gasteiger partial charge in [-0.25, -0.2) is 0 Å². The topological polar surface area (TPSA) is 25.8 Å². The molecule has 0 bridgehead atoms. The summed E-state index contributed by atoms with van der Waals surface area (Å²) in [6.45, 7) is 0. The second kappa shape index (κ2) is 5.85. The first-order valence-electron chi connectivity index (χ1n) is 6.06. The molecule has 3 aromatic rings. The van der Waals surface area contributed by atoms with Crippen molar-refractivity contribution in [3.05, 3.63) is 70.0 Å². The molecule has 2 heterocycles. The molecule has 0 amide bonds. The zero-order chi connectivity index (χ0) is 13.9. The Morgan fingerprint density at radius 3 is 2.10 bits per heavy atom. The Labute approximate surface area is 134 Å². The summed E-state index contributed by atoms with van der Waals surface area (Å²) in [5.74, 6) is 0. The van der Waals surface area contributed by atoms with Crippen LogP contribution in [0.3, 0.4) is 0 Å². The lowest BCUT2D eigenvalue weighted by Crippen LogP contribution is -1.89. The second-order valence-electron chi connectivity index (χ2n) is 4.26. The number of nitrogens with zero attached hydrogens (tertiary/aromatic N) is 2. The maximum Gasteiger partial charge on any atom is 0.0708 e. The van der Waals surface area contributed by atoms with Gasteiger partial charge in [0, 0.05) is 33.1 Å². The Bertz CT molecular complexity index is 664. The molecule has 0 aliphatic rings. The van der Waals surface area contributed by atoms with Crippen LogP contribution in [0.1, 0.15) is 0 Å². The van der Waals surface area contributed by atoms with Crippen molar-refractivity contribution in [3.8, 4) is 22.4 Å². The number of benzene rings is 1. The molecular formula is C16H10Br2N2. The Morgan fingerprint density at radius 2 is 1.45 bits per heavy atom. The first-order valence-corrected chi connectivity index (χ1v) is 7.65. The van der Waals surface area contributed by atoms with E-state index in [4.69, 9.17) is 0 Å². The highest BCUT2D eigenvalue weighted by Crippen LogP contribution is 2.37. The molecule has 0 N–H and O–H groups in total. The monoisotopic (exact) mass is 388 g/mol. The van der Waals surface area contributed by atoms with Crippen molar-refractivity contribution in [3.63, 3.8) is 0 Å². The molecule has 0 radical (unpaired) electrons. The zero-order valence-electron chi connectivity index (χ0n) is 10.4. The van der Waals surface area contributed by atoms with Crippen LogP contribution in [0, 0.1) is 0 Å². The van der Waals surface area contributed by atoms with E-state index in [0.29, 0.717) is 0 Å². The van der Waals surface area contributed by atoms with E-state index in [0.717, 1.165) is 31.3 Å². The van der Waals surface area contributed by atoms with Gasteiger partial charge in [-0.3, -0.25) is 9.97 Å². The van der Waals surface area contributed by atoms with Crippen molar-refractivity contribution in [2.75, 3.05) is 0 Å². The molecule has 20 heavy (non-hydrogen) atoms. The van der Waals surface area contributed by atoms with Crippen molar-refractivity contribution in [2.24, 2.45) is 0 Å². The molecule has 0 aliphatic heterocycles. The molecule has 0 fully saturated rings. The summed E-state index contributed by atoms with van der Waals surface area (Å²) in [6, 6.07) is 14.1. The van der Waals surface area contributed by atoms with Gasteiger partial charge in [-0.15, -0.1) is 0 Å². The number of pyridine rings is 2. The normalized spacial score (nSPS) is 10.5. The maximum absolute atomic E-state index is 4.45. The molecule has 0 atom stereocenters. The lowest BCUT2D eigenvalue weighted by atomic mass is 9.98. The number of hydrogen-bond donors (Lipinski definition) is 0. The van der Waals surface area contributed by atoms with E-state index in [9.17, 15) is 0 Å². The number of aromatic nitrogens is 2. The first-order chi connectivity index (χ1) is 9.75. The Morgan fingerprint density at radius 1 is 0.750 bits per heavy atom. The second-order valence-corrected chi connectivity index (χ2v) is 5.97. The third-order valence-electron chi connectivity index (χ3n) is 2.99. The highest BCUT2D eigenvalue weighted by atomic mass is 79.9. The van der Waals surface area contributed by atoms with E-state index in [1.165, 1.54) is 0 Å². The minimum atomic E-state index is 0.951. The van der Waals surface area contributed by atoms with Crippen molar-refractivity contribution in [2.45, 2.75) is 0 Å². The van der Waals surface area contributed by atoms with E-state index in [-0.39, 0.29) is 0 Å². The van der Waals surface area contributed by atoms with Gasteiger partial charge < -0.3 is 0 Å². The van der Waals surface area contributed by atoms with Crippen LogP contribution in [0.2, 0.25) is 0 Å². The molecule has 2 aromatic heterocycles. The van der Waals surface area contributed by atoms with Crippen LogP contribution in [0.4, 0.5) is 0 Å². The van der Waals surface area contributed by atoms with Gasteiger partial charge in [-0.1, -0.05) is 6.07 Å². The first kappa shape index (κ1) is 13.5. The molecule has 0 aliphatic carbocycles. The summed E-state index contributed by atoms with van der Waals surface area (Å²) in [6.07, 6.45) is 5.41. The van der Waals surface area contributed by atoms with Crippen LogP contribution >= 0.6 is 31.9 Å². The van der Waals surface area contributed by atoms with Gasteiger partial charge in [0.15, 0.2) is 0 Å². The zero-order valence-corrected chi connectivity index (χ0v) is 13.6. The third kappa shape index (κ3) is 2.67. The molecular weight excluding hydrogens is 380 g/mol. The summed E-state index contributed by atoms with van der Waals surface area (Å²) in [7, 11) is 0. The fourth-order valence-corrected chi connectivity index (χ4v) is 2.74. The van der Waals surface area contributed by atoms with Crippen LogP contribution in [0.5, 0.6) is 0 Å². The number of hydrogen-bond acceptors (Lipinski definition) is 2. The van der Waals surface area contributed by atoms with Crippen LogP contribution < -0.4 is 0 Å². The highest BCUT2D eigenvalue weighted by molar-refractivity contribution is 9.13. The molecule has 1 aromatic carbocycles. The Balaban J connectivity index is 2.26. The SMILES string of the molecule is Brc1cc(-c2ccncc2)c(-c2ccccn2)cc1Br. The average molecular weight is 390 g/mol. The molecule has 0 saturated heterocycles. The standard InChI is InChI=1S/C16H10Br2N2/c17-14-9-12(11-4-7-19-8-5-11)13(10-15(14)18)16-3-1-2-6-20-16/h1-10H. The lowest BCUT2D eigenvalue weighted by Gasteiger charge is -2.11. The fraction of sp³-hybridized carbons (Fsp3) is 0. The summed E-state index contributed by atoms with van der Waals surface area (Å²) in [4.78, 5) is 8.53. The largest absolute Gasteiger partial charge is 0.265 e. The van der Waals surface area contributed by atoms with Crippen molar-refractivity contribution >= 4 is 31.9 Å². The molecule has 2 nitrogen and oxygen atoms in total. The van der Waals surface area contributed by atoms with Gasteiger partial charge in [0.2, 0.25) is 0 Å². The summed E-state index contributed by atoms with van der Waals surface area (Å²) in [5, 5.41) is 0. The van der Waals surface area contributed by atoms with E-state index >= 15 is 0 Å². The summed E-state index contributed by atoms with van der Waals surface area (Å²) < 4.78 is 2.03. The molecule has 0 saturated carbocycles. The quantitative estimate of drug-likeness (QED) is 0.591. The molecule has 0 spiro atoms. The van der Waals surface area contributed by atoms with Crippen LogP contribution in [0.25, 0.3) is 22.4 Å². The molecule has 0 unspecified atom stereocenters. The number of halogens is 2. The minimum Gasteiger partial charge on any atom is -0.265 e. The van der Waals surface area contributed by atoms with Crippen LogP contribution in [-0.2, 0) is 0 Å². The van der Waals surface area contributed by atoms with Gasteiger partial charge in [-0.2, -0.15) is 0 Å². The third-order valence-corrected chi connectivity index (χ3v) is 4.84. The lowest BCUT2D eigenvalue weighted by molar-refractivity contribution is 1.31.